The molecule has 266 valence electrons. The summed E-state index contributed by atoms with van der Waals surface area (Å²) in [4.78, 5) is 15.5. The summed E-state index contributed by atoms with van der Waals surface area (Å²) in [5, 5.41) is 6.11. The Morgan fingerprint density at radius 3 is 1.61 bits per heavy atom. The minimum atomic E-state index is 0.556. The van der Waals surface area contributed by atoms with E-state index in [0.29, 0.717) is 17.5 Å². The molecule has 0 saturated heterocycles. The maximum atomic E-state index is 6.79. The molecule has 6 heteroatoms. The second-order valence-electron chi connectivity index (χ2n) is 14.3. The zero-order chi connectivity index (χ0) is 37.5. The largest absolute Gasteiger partial charge is 0.456 e. The first kappa shape index (κ1) is 31.5. The summed E-state index contributed by atoms with van der Waals surface area (Å²) < 4.78 is 19.2. The first-order chi connectivity index (χ1) is 28.2. The van der Waals surface area contributed by atoms with Crippen molar-refractivity contribution < 1.29 is 13.3 Å². The molecule has 0 radical (unpaired) electrons. The van der Waals surface area contributed by atoms with Gasteiger partial charge in [-0.3, -0.25) is 0 Å². The van der Waals surface area contributed by atoms with Gasteiger partial charge in [-0.25, -0.2) is 15.0 Å². The molecular formula is C51H29N3O3. The summed E-state index contributed by atoms with van der Waals surface area (Å²) in [6.07, 6.45) is 0. The summed E-state index contributed by atoms with van der Waals surface area (Å²) >= 11 is 0. The predicted octanol–water partition coefficient (Wildman–Crippen LogP) is 13.9. The van der Waals surface area contributed by atoms with E-state index < -0.39 is 0 Å². The molecule has 0 saturated carbocycles. The number of rotatable bonds is 5. The van der Waals surface area contributed by atoms with Crippen LogP contribution in [-0.4, -0.2) is 15.0 Å². The van der Waals surface area contributed by atoms with Gasteiger partial charge in [0.1, 0.15) is 33.5 Å². The average Bonchev–Trinajstić information content (AvgIpc) is 3.98. The molecule has 4 aromatic heterocycles. The lowest BCUT2D eigenvalue weighted by Crippen LogP contribution is -2.00. The Balaban J connectivity index is 1.07. The van der Waals surface area contributed by atoms with Gasteiger partial charge in [0.25, 0.3) is 0 Å². The Hall–Kier alpha value is -7.83. The molecule has 4 heterocycles. The van der Waals surface area contributed by atoms with E-state index in [1.54, 1.807) is 0 Å². The molecule has 0 aliphatic heterocycles. The van der Waals surface area contributed by atoms with Gasteiger partial charge >= 0.3 is 0 Å². The molecule has 0 amide bonds. The summed E-state index contributed by atoms with van der Waals surface area (Å²) in [7, 11) is 0. The molecule has 0 aliphatic carbocycles. The first-order valence-corrected chi connectivity index (χ1v) is 18.9. The summed E-state index contributed by atoms with van der Waals surface area (Å²) in [6, 6.07) is 59.8. The molecule has 12 rings (SSSR count). The topological polar surface area (TPSA) is 78.1 Å². The normalized spacial score (nSPS) is 11.9. The highest BCUT2D eigenvalue weighted by Gasteiger charge is 2.22. The van der Waals surface area contributed by atoms with Crippen molar-refractivity contribution in [3.63, 3.8) is 0 Å². The molecule has 6 nitrogen and oxygen atoms in total. The van der Waals surface area contributed by atoms with Crippen molar-refractivity contribution >= 4 is 65.8 Å². The number of nitrogens with zero attached hydrogens (tertiary/aromatic N) is 3. The fourth-order valence-electron chi connectivity index (χ4n) is 8.31. The number of aromatic nitrogens is 3. The van der Waals surface area contributed by atoms with E-state index in [1.807, 2.05) is 78.9 Å². The maximum Gasteiger partial charge on any atom is 0.164 e. The zero-order valence-corrected chi connectivity index (χ0v) is 30.3. The van der Waals surface area contributed by atoms with Gasteiger partial charge in [-0.1, -0.05) is 133 Å². The van der Waals surface area contributed by atoms with E-state index in [4.69, 9.17) is 28.2 Å². The highest BCUT2D eigenvalue weighted by Crippen LogP contribution is 2.44. The standard InChI is InChI=1S/C51H29N3O3/c1-2-11-30(12-3-1)31-23-25-32(26-24-31)49-52-50(33-27-28-43-40(29-33)34-13-4-6-19-41(34)55-43)54-51(53-49)39-18-10-22-45-47(39)38-17-8-16-36(48(38)57-45)35-15-9-21-44-46(35)37-14-5-7-20-42(37)56-44/h1-29H. The first-order valence-electron chi connectivity index (χ1n) is 18.9. The van der Waals surface area contributed by atoms with E-state index in [9.17, 15) is 0 Å². The number of fused-ring (bicyclic) bond motifs is 9. The molecule has 57 heavy (non-hydrogen) atoms. The van der Waals surface area contributed by atoms with Crippen LogP contribution >= 0.6 is 0 Å². The molecule has 0 aliphatic rings. The van der Waals surface area contributed by atoms with E-state index >= 15 is 0 Å². The van der Waals surface area contributed by atoms with Crippen molar-refractivity contribution in [2.45, 2.75) is 0 Å². The fraction of sp³-hybridized carbons (Fsp3) is 0. The van der Waals surface area contributed by atoms with Crippen molar-refractivity contribution in [3.8, 4) is 56.4 Å². The van der Waals surface area contributed by atoms with Crippen molar-refractivity contribution in [3.05, 3.63) is 176 Å². The van der Waals surface area contributed by atoms with E-state index in [-0.39, 0.29) is 0 Å². The lowest BCUT2D eigenvalue weighted by Gasteiger charge is -2.10. The summed E-state index contributed by atoms with van der Waals surface area (Å²) in [6.45, 7) is 0. The highest BCUT2D eigenvalue weighted by molar-refractivity contribution is 6.19. The van der Waals surface area contributed by atoms with Gasteiger partial charge in [0.15, 0.2) is 17.5 Å². The predicted molar refractivity (Wildman–Crippen MR) is 229 cm³/mol. The van der Waals surface area contributed by atoms with Gasteiger partial charge < -0.3 is 13.3 Å². The average molecular weight is 732 g/mol. The van der Waals surface area contributed by atoms with Crippen molar-refractivity contribution in [1.82, 2.24) is 15.0 Å². The van der Waals surface area contributed by atoms with E-state index in [2.05, 4.69) is 97.1 Å². The Bertz CT molecular complexity index is 3520. The summed E-state index contributed by atoms with van der Waals surface area (Å²) in [5.41, 5.74) is 11.8. The van der Waals surface area contributed by atoms with E-state index in [1.165, 1.54) is 0 Å². The monoisotopic (exact) mass is 731 g/mol. The van der Waals surface area contributed by atoms with Crippen LogP contribution in [0.2, 0.25) is 0 Å². The number of hydrogen-bond donors (Lipinski definition) is 0. The third-order valence-electron chi connectivity index (χ3n) is 11.0. The molecule has 0 atom stereocenters. The lowest BCUT2D eigenvalue weighted by atomic mass is 9.97. The van der Waals surface area contributed by atoms with Crippen LogP contribution in [0.1, 0.15) is 0 Å². The van der Waals surface area contributed by atoms with Gasteiger partial charge in [0.2, 0.25) is 0 Å². The summed E-state index contributed by atoms with van der Waals surface area (Å²) in [5.74, 6) is 1.70. The van der Waals surface area contributed by atoms with Gasteiger partial charge in [-0.05, 0) is 59.2 Å². The van der Waals surface area contributed by atoms with Crippen LogP contribution in [0.3, 0.4) is 0 Å². The molecule has 12 aromatic rings. The smallest absolute Gasteiger partial charge is 0.164 e. The van der Waals surface area contributed by atoms with Crippen LogP contribution in [-0.2, 0) is 0 Å². The zero-order valence-electron chi connectivity index (χ0n) is 30.3. The van der Waals surface area contributed by atoms with Crippen molar-refractivity contribution in [2.75, 3.05) is 0 Å². The van der Waals surface area contributed by atoms with Crippen LogP contribution in [0.25, 0.3) is 122 Å². The molecule has 0 N–H and O–H groups in total. The number of benzene rings is 8. The number of furan rings is 3. The quantitative estimate of drug-likeness (QED) is 0.175. The molecule has 8 aromatic carbocycles. The Kier molecular flexibility index (Phi) is 6.83. The molecular weight excluding hydrogens is 703 g/mol. The van der Waals surface area contributed by atoms with Crippen LogP contribution in [0.4, 0.5) is 0 Å². The second-order valence-corrected chi connectivity index (χ2v) is 14.3. The minimum absolute atomic E-state index is 0.556. The van der Waals surface area contributed by atoms with Gasteiger partial charge in [-0.2, -0.15) is 0 Å². The third-order valence-corrected chi connectivity index (χ3v) is 11.0. The van der Waals surface area contributed by atoms with Crippen molar-refractivity contribution in [2.24, 2.45) is 0 Å². The maximum absolute atomic E-state index is 6.79. The van der Waals surface area contributed by atoms with Crippen LogP contribution in [0.5, 0.6) is 0 Å². The second kappa shape index (κ2) is 12.3. The SMILES string of the molecule is c1ccc(-c2ccc(-c3nc(-c4ccc5oc6ccccc6c5c4)nc(-c4cccc5oc6c(-c7cccc8oc9ccccc9c78)cccc6c45)n3)cc2)cc1. The van der Waals surface area contributed by atoms with Crippen molar-refractivity contribution in [1.29, 1.82) is 0 Å². The van der Waals surface area contributed by atoms with Crippen LogP contribution < -0.4 is 0 Å². The highest BCUT2D eigenvalue weighted by atomic mass is 16.3. The molecule has 0 fully saturated rings. The van der Waals surface area contributed by atoms with Gasteiger partial charge in [-0.15, -0.1) is 0 Å². The van der Waals surface area contributed by atoms with Gasteiger partial charge in [0, 0.05) is 54.6 Å². The molecule has 0 spiro atoms. The van der Waals surface area contributed by atoms with Gasteiger partial charge in [0.05, 0.1) is 0 Å². The third kappa shape index (κ3) is 5.01. The fourth-order valence-corrected chi connectivity index (χ4v) is 8.31. The Morgan fingerprint density at radius 1 is 0.281 bits per heavy atom. The molecule has 0 unspecified atom stereocenters. The lowest BCUT2D eigenvalue weighted by molar-refractivity contribution is 0.668. The van der Waals surface area contributed by atoms with Crippen LogP contribution in [0.15, 0.2) is 189 Å². The van der Waals surface area contributed by atoms with Crippen LogP contribution in [0, 0.1) is 0 Å². The Labute approximate surface area is 325 Å². The Morgan fingerprint density at radius 2 is 0.789 bits per heavy atom. The number of para-hydroxylation sites is 3. The number of hydrogen-bond acceptors (Lipinski definition) is 6. The molecule has 0 bridgehead atoms. The van der Waals surface area contributed by atoms with E-state index in [0.717, 1.165) is 105 Å². The minimum Gasteiger partial charge on any atom is -0.456 e.